The van der Waals surface area contributed by atoms with Gasteiger partial charge in [0.25, 0.3) is 11.5 Å². The normalized spacial score (nSPS) is 15.5. The van der Waals surface area contributed by atoms with E-state index in [1.807, 2.05) is 11.0 Å². The van der Waals surface area contributed by atoms with Crippen LogP contribution in [0, 0.1) is 5.92 Å². The Hall–Kier alpha value is -2.36. The lowest BCUT2D eigenvalue weighted by Gasteiger charge is -2.32. The molecule has 0 radical (unpaired) electrons. The molecular formula is C20H24N2O2. The molecule has 4 nitrogen and oxygen atoms in total. The monoisotopic (exact) mass is 324 g/mol. The van der Waals surface area contributed by atoms with Gasteiger partial charge in [0.2, 0.25) is 0 Å². The molecule has 1 fully saturated rings. The van der Waals surface area contributed by atoms with E-state index in [1.165, 1.54) is 22.6 Å². The minimum atomic E-state index is -0.140. The molecule has 24 heavy (non-hydrogen) atoms. The van der Waals surface area contributed by atoms with Gasteiger partial charge in [-0.2, -0.15) is 0 Å². The van der Waals surface area contributed by atoms with Gasteiger partial charge < -0.3 is 9.47 Å². The fourth-order valence-electron chi connectivity index (χ4n) is 3.30. The third-order valence-electron chi connectivity index (χ3n) is 4.94. The van der Waals surface area contributed by atoms with Crippen molar-refractivity contribution in [3.05, 3.63) is 70.1 Å². The number of amides is 1. The Morgan fingerprint density at radius 3 is 2.50 bits per heavy atom. The van der Waals surface area contributed by atoms with Crippen LogP contribution in [0.1, 0.15) is 35.2 Å². The Labute approximate surface area is 142 Å². The number of hydrogen-bond acceptors (Lipinski definition) is 2. The minimum Gasteiger partial charge on any atom is -0.339 e. The van der Waals surface area contributed by atoms with Crippen molar-refractivity contribution in [3.8, 4) is 0 Å². The highest BCUT2D eigenvalue weighted by Gasteiger charge is 2.23. The second-order valence-corrected chi connectivity index (χ2v) is 6.62. The van der Waals surface area contributed by atoms with Gasteiger partial charge in [-0.05, 0) is 43.2 Å². The second-order valence-electron chi connectivity index (χ2n) is 6.62. The summed E-state index contributed by atoms with van der Waals surface area (Å²) in [6, 6.07) is 13.7. The van der Waals surface area contributed by atoms with Crippen LogP contribution in [0.5, 0.6) is 0 Å². The van der Waals surface area contributed by atoms with Crippen molar-refractivity contribution in [2.45, 2.75) is 25.7 Å². The van der Waals surface area contributed by atoms with Crippen molar-refractivity contribution < 1.29 is 4.79 Å². The Balaban J connectivity index is 1.52. The summed E-state index contributed by atoms with van der Waals surface area (Å²) < 4.78 is 1.48. The lowest BCUT2D eigenvalue weighted by Crippen LogP contribution is -2.39. The van der Waals surface area contributed by atoms with Crippen molar-refractivity contribution in [3.63, 3.8) is 0 Å². The maximum absolute atomic E-state index is 12.5. The van der Waals surface area contributed by atoms with Crippen molar-refractivity contribution in [2.24, 2.45) is 13.0 Å². The van der Waals surface area contributed by atoms with Gasteiger partial charge in [-0.3, -0.25) is 9.59 Å². The molecule has 0 N–H and O–H groups in total. The summed E-state index contributed by atoms with van der Waals surface area (Å²) in [6.45, 7) is 1.57. The number of aromatic nitrogens is 1. The molecule has 4 heteroatoms. The van der Waals surface area contributed by atoms with Gasteiger partial charge in [-0.25, -0.2) is 0 Å². The SMILES string of the molecule is Cn1ccc(C(=O)N2CCC(CCc3ccccc3)CC2)cc1=O. The number of likely N-dealkylation sites (tertiary alicyclic amines) is 1. The molecule has 126 valence electrons. The molecule has 1 aliphatic rings. The van der Waals surface area contributed by atoms with Crippen LogP contribution in [-0.4, -0.2) is 28.5 Å². The fourth-order valence-corrected chi connectivity index (χ4v) is 3.30. The molecular weight excluding hydrogens is 300 g/mol. The number of nitrogens with zero attached hydrogens (tertiary/aromatic N) is 2. The van der Waals surface area contributed by atoms with Crippen molar-refractivity contribution in [1.82, 2.24) is 9.47 Å². The van der Waals surface area contributed by atoms with Gasteiger partial charge in [0.15, 0.2) is 0 Å². The van der Waals surface area contributed by atoms with Crippen LogP contribution in [0.15, 0.2) is 53.5 Å². The predicted molar refractivity (Wildman–Crippen MR) is 95.1 cm³/mol. The highest BCUT2D eigenvalue weighted by Crippen LogP contribution is 2.23. The van der Waals surface area contributed by atoms with E-state index in [4.69, 9.17) is 0 Å². The van der Waals surface area contributed by atoms with E-state index in [1.54, 1.807) is 19.3 Å². The largest absolute Gasteiger partial charge is 0.339 e. The molecule has 0 aliphatic carbocycles. The summed E-state index contributed by atoms with van der Waals surface area (Å²) in [5, 5.41) is 0. The van der Waals surface area contributed by atoms with E-state index in [-0.39, 0.29) is 11.5 Å². The van der Waals surface area contributed by atoms with E-state index in [9.17, 15) is 9.59 Å². The van der Waals surface area contributed by atoms with Crippen LogP contribution < -0.4 is 5.56 Å². The first kappa shape index (κ1) is 16.5. The lowest BCUT2D eigenvalue weighted by molar-refractivity contribution is 0.0686. The van der Waals surface area contributed by atoms with Crippen molar-refractivity contribution in [1.29, 1.82) is 0 Å². The van der Waals surface area contributed by atoms with Gasteiger partial charge in [0.1, 0.15) is 0 Å². The summed E-state index contributed by atoms with van der Waals surface area (Å²) >= 11 is 0. The molecule has 0 unspecified atom stereocenters. The van der Waals surface area contributed by atoms with Crippen molar-refractivity contribution in [2.75, 3.05) is 13.1 Å². The zero-order chi connectivity index (χ0) is 16.9. The van der Waals surface area contributed by atoms with Crippen molar-refractivity contribution >= 4 is 5.91 Å². The third kappa shape index (κ3) is 3.94. The topological polar surface area (TPSA) is 42.3 Å². The average molecular weight is 324 g/mol. The summed E-state index contributed by atoms with van der Waals surface area (Å²) in [7, 11) is 1.69. The van der Waals surface area contributed by atoms with Gasteiger partial charge in [0, 0.05) is 38.0 Å². The molecule has 0 bridgehead atoms. The first-order valence-corrected chi connectivity index (χ1v) is 8.63. The van der Waals surface area contributed by atoms with E-state index >= 15 is 0 Å². The molecule has 1 aliphatic heterocycles. The maximum Gasteiger partial charge on any atom is 0.254 e. The van der Waals surface area contributed by atoms with Gasteiger partial charge >= 0.3 is 0 Å². The molecule has 0 atom stereocenters. The molecule has 0 spiro atoms. The average Bonchev–Trinajstić information content (AvgIpc) is 2.63. The summed E-state index contributed by atoms with van der Waals surface area (Å²) in [6.07, 6.45) is 6.03. The van der Waals surface area contributed by atoms with Gasteiger partial charge in [-0.15, -0.1) is 0 Å². The van der Waals surface area contributed by atoms with Crippen LogP contribution in [0.25, 0.3) is 0 Å². The molecule has 1 saturated heterocycles. The molecule has 1 amide bonds. The minimum absolute atomic E-state index is 0.0193. The highest BCUT2D eigenvalue weighted by molar-refractivity contribution is 5.94. The Kier molecular flexibility index (Phi) is 5.14. The zero-order valence-corrected chi connectivity index (χ0v) is 14.1. The Bertz CT molecular complexity index is 744. The number of benzene rings is 1. The standard InChI is InChI=1S/C20H24N2O2/c1-21-12-11-18(15-19(21)23)20(24)22-13-9-17(10-14-22)8-7-16-5-3-2-4-6-16/h2-6,11-12,15,17H,7-10,13-14H2,1H3. The summed E-state index contributed by atoms with van der Waals surface area (Å²) in [5.74, 6) is 0.659. The zero-order valence-electron chi connectivity index (χ0n) is 14.1. The molecule has 1 aromatic carbocycles. The predicted octanol–water partition coefficient (Wildman–Crippen LogP) is 2.87. The Morgan fingerprint density at radius 2 is 1.83 bits per heavy atom. The van der Waals surface area contributed by atoms with Crippen LogP contribution in [0.4, 0.5) is 0 Å². The molecule has 0 saturated carbocycles. The lowest BCUT2D eigenvalue weighted by atomic mass is 9.90. The molecule has 3 rings (SSSR count). The molecule has 1 aromatic heterocycles. The third-order valence-corrected chi connectivity index (χ3v) is 4.94. The molecule has 2 aromatic rings. The van der Waals surface area contributed by atoms with Gasteiger partial charge in [0.05, 0.1) is 0 Å². The highest BCUT2D eigenvalue weighted by atomic mass is 16.2. The Morgan fingerprint density at radius 1 is 1.12 bits per heavy atom. The smallest absolute Gasteiger partial charge is 0.254 e. The summed E-state index contributed by atoms with van der Waals surface area (Å²) in [5.41, 5.74) is 1.75. The number of carbonyl (C=O) groups excluding carboxylic acids is 1. The number of piperidine rings is 1. The fraction of sp³-hybridized carbons (Fsp3) is 0.400. The number of pyridine rings is 1. The van der Waals surface area contributed by atoms with Gasteiger partial charge in [-0.1, -0.05) is 30.3 Å². The first-order valence-electron chi connectivity index (χ1n) is 8.63. The van der Waals surface area contributed by atoms with Crippen LogP contribution in [0.3, 0.4) is 0 Å². The number of hydrogen-bond donors (Lipinski definition) is 0. The summed E-state index contributed by atoms with van der Waals surface area (Å²) in [4.78, 5) is 26.1. The number of aryl methyl sites for hydroxylation is 2. The second kappa shape index (κ2) is 7.47. The first-order chi connectivity index (χ1) is 11.6. The van der Waals surface area contributed by atoms with E-state index in [0.29, 0.717) is 11.5 Å². The number of rotatable bonds is 4. The van der Waals surface area contributed by atoms with Crippen LogP contribution in [0.2, 0.25) is 0 Å². The van der Waals surface area contributed by atoms with E-state index < -0.39 is 0 Å². The van der Waals surface area contributed by atoms with Crippen LogP contribution >= 0.6 is 0 Å². The van der Waals surface area contributed by atoms with E-state index in [2.05, 4.69) is 24.3 Å². The molecule has 2 heterocycles. The quantitative estimate of drug-likeness (QED) is 0.868. The number of carbonyl (C=O) groups is 1. The maximum atomic E-state index is 12.5. The van der Waals surface area contributed by atoms with E-state index in [0.717, 1.165) is 32.4 Å². The van der Waals surface area contributed by atoms with Crippen LogP contribution in [-0.2, 0) is 13.5 Å².